The van der Waals surface area contributed by atoms with E-state index >= 15 is 0 Å². The summed E-state index contributed by atoms with van der Waals surface area (Å²) in [6, 6.07) is 6.44. The van der Waals surface area contributed by atoms with E-state index < -0.39 is 13.1 Å². The van der Waals surface area contributed by atoms with Crippen molar-refractivity contribution < 1.29 is 29.2 Å². The molecule has 0 bridgehead atoms. The Morgan fingerprint density at radius 2 is 1.93 bits per heavy atom. The molecule has 0 atom stereocenters. The zero-order valence-electron chi connectivity index (χ0n) is 18.7. The zero-order chi connectivity index (χ0) is 22.7. The van der Waals surface area contributed by atoms with Crippen LogP contribution in [0.3, 0.4) is 0 Å². The first kappa shape index (κ1) is 13.7. The molecule has 5 rings (SSSR count). The van der Waals surface area contributed by atoms with Crippen LogP contribution in [0.5, 0.6) is 17.2 Å². The van der Waals surface area contributed by atoms with E-state index in [-0.39, 0.29) is 30.2 Å². The molecule has 3 aliphatic rings. The summed E-state index contributed by atoms with van der Waals surface area (Å²) in [6.45, 7) is -3.60. The summed E-state index contributed by atoms with van der Waals surface area (Å²) < 4.78 is 52.9. The molecule has 0 aliphatic carbocycles. The van der Waals surface area contributed by atoms with Crippen molar-refractivity contribution in [2.24, 2.45) is 0 Å². The molecule has 0 amide bonds. The molecule has 3 aliphatic heterocycles. The fourth-order valence-corrected chi connectivity index (χ4v) is 4.06. The van der Waals surface area contributed by atoms with Crippen LogP contribution in [0.25, 0.3) is 0 Å². The van der Waals surface area contributed by atoms with Crippen molar-refractivity contribution in [2.45, 2.75) is 25.6 Å². The van der Waals surface area contributed by atoms with Crippen LogP contribution in [0.2, 0.25) is 0 Å². The van der Waals surface area contributed by atoms with E-state index in [4.69, 9.17) is 24.4 Å². The number of benzene rings is 1. The van der Waals surface area contributed by atoms with Crippen LogP contribution in [0.15, 0.2) is 28.7 Å². The molecule has 1 aromatic carbocycles. The number of hydrogen-bond acceptors (Lipinski definition) is 7. The maximum absolute atomic E-state index is 11.7. The van der Waals surface area contributed by atoms with Gasteiger partial charge in [0, 0.05) is 32.0 Å². The topological polar surface area (TPSA) is 70.1 Å². The molecular formula is C20H19BrN2O5. The number of halogens is 1. The minimum Gasteiger partial charge on any atom is -0.490 e. The summed E-state index contributed by atoms with van der Waals surface area (Å²) in [5, 5.41) is 0. The number of anilines is 1. The fourth-order valence-electron chi connectivity index (χ4n) is 3.49. The summed E-state index contributed by atoms with van der Waals surface area (Å²) in [5.41, 5.74) is 1.14. The Bertz CT molecular complexity index is 1090. The van der Waals surface area contributed by atoms with E-state index in [9.17, 15) is 4.79 Å². The normalized spacial score (nSPS) is 24.3. The minimum absolute atomic E-state index is 0.0601. The summed E-state index contributed by atoms with van der Waals surface area (Å²) in [4.78, 5) is 18.4. The number of hydrogen-bond donors (Lipinski definition) is 0. The van der Waals surface area contributed by atoms with Crippen LogP contribution in [0.1, 0.15) is 34.4 Å². The maximum Gasteiger partial charge on any atom is 0.340 e. The van der Waals surface area contributed by atoms with E-state index in [1.165, 1.54) is 12.1 Å². The van der Waals surface area contributed by atoms with Crippen LogP contribution in [-0.4, -0.2) is 43.3 Å². The second kappa shape index (κ2) is 7.16. The number of esters is 1. The van der Waals surface area contributed by atoms with Crippen LogP contribution < -0.4 is 19.1 Å². The molecule has 7 nitrogen and oxygen atoms in total. The molecule has 1 aromatic heterocycles. The largest absolute Gasteiger partial charge is 0.490 e. The number of piperidine rings is 1. The molecule has 2 aromatic rings. The molecule has 1 saturated heterocycles. The van der Waals surface area contributed by atoms with Crippen molar-refractivity contribution >= 4 is 27.7 Å². The molecule has 8 heteroatoms. The fraction of sp³-hybridized carbons (Fsp3) is 0.400. The highest BCUT2D eigenvalue weighted by Gasteiger charge is 2.28. The smallest absolute Gasteiger partial charge is 0.340 e. The summed E-state index contributed by atoms with van der Waals surface area (Å²) in [6.07, 6.45) is 1.41. The molecule has 0 radical (unpaired) electrons. The lowest BCUT2D eigenvalue weighted by atomic mass is 10.1. The van der Waals surface area contributed by atoms with Gasteiger partial charge in [-0.05, 0) is 34.1 Å². The summed E-state index contributed by atoms with van der Waals surface area (Å²) in [7, 11) is 0. The van der Waals surface area contributed by atoms with Crippen LogP contribution >= 0.6 is 15.9 Å². The van der Waals surface area contributed by atoms with Gasteiger partial charge in [0.25, 0.3) is 0 Å². The lowest BCUT2D eigenvalue weighted by molar-refractivity contribution is 0.0533. The Morgan fingerprint density at radius 1 is 1.14 bits per heavy atom. The highest BCUT2D eigenvalue weighted by atomic mass is 79.9. The molecule has 146 valence electrons. The van der Waals surface area contributed by atoms with Crippen molar-refractivity contribution in [1.29, 1.82) is 0 Å². The van der Waals surface area contributed by atoms with Gasteiger partial charge in [0.2, 0.25) is 0 Å². The predicted octanol–water partition coefficient (Wildman–Crippen LogP) is 3.33. The molecule has 28 heavy (non-hydrogen) atoms. The average Bonchev–Trinajstić information content (AvgIpc) is 3.08. The number of cyclic esters (lactones) is 1. The number of nitrogens with zero attached hydrogens (tertiary/aromatic N) is 2. The predicted molar refractivity (Wildman–Crippen MR) is 104 cm³/mol. The van der Waals surface area contributed by atoms with Gasteiger partial charge in [0.1, 0.15) is 37.4 Å². The van der Waals surface area contributed by atoms with Crippen LogP contribution in [0.4, 0.5) is 5.82 Å². The number of carbonyl (C=O) groups excluding carboxylic acids is 1. The van der Waals surface area contributed by atoms with Crippen molar-refractivity contribution in [3.8, 4) is 17.2 Å². The Labute approximate surface area is 176 Å². The minimum atomic E-state index is -2.62. The quantitative estimate of drug-likeness (QED) is 0.664. The summed E-state index contributed by atoms with van der Waals surface area (Å²) >= 11 is 3.51. The van der Waals surface area contributed by atoms with Gasteiger partial charge in [-0.1, -0.05) is 0 Å². The average molecular weight is 451 g/mol. The molecule has 0 saturated carbocycles. The number of pyridine rings is 1. The SMILES string of the molecule is [2H]C1([2H])Oc2ccc(OC3CCN(c4nc5c(cc4Br)C(=O)OC5)CC3)cc2OC1([2H])[2H]. The van der Waals surface area contributed by atoms with Crippen LogP contribution in [0, 0.1) is 0 Å². The second-order valence-corrected chi connectivity index (χ2v) is 7.54. The highest BCUT2D eigenvalue weighted by molar-refractivity contribution is 9.10. The van der Waals surface area contributed by atoms with E-state index in [1.807, 2.05) is 0 Å². The van der Waals surface area contributed by atoms with Gasteiger partial charge in [0.15, 0.2) is 11.5 Å². The van der Waals surface area contributed by atoms with Gasteiger partial charge in [0.05, 0.1) is 21.2 Å². The zero-order valence-corrected chi connectivity index (χ0v) is 16.3. The second-order valence-electron chi connectivity index (χ2n) is 6.69. The molecule has 4 heterocycles. The molecular weight excluding hydrogens is 428 g/mol. The Kier molecular flexibility index (Phi) is 3.49. The van der Waals surface area contributed by atoms with Crippen molar-refractivity contribution in [3.63, 3.8) is 0 Å². The lowest BCUT2D eigenvalue weighted by Crippen LogP contribution is -2.39. The maximum atomic E-state index is 11.7. The third-order valence-electron chi connectivity index (χ3n) is 4.92. The number of aromatic nitrogens is 1. The molecule has 0 spiro atoms. The van der Waals surface area contributed by atoms with Gasteiger partial charge in [-0.3, -0.25) is 0 Å². The monoisotopic (exact) mass is 450 g/mol. The molecule has 0 unspecified atom stereocenters. The number of fused-ring (bicyclic) bond motifs is 2. The Hall–Kier alpha value is -2.48. The van der Waals surface area contributed by atoms with Crippen LogP contribution in [-0.2, 0) is 11.3 Å². The number of rotatable bonds is 3. The summed E-state index contributed by atoms with van der Waals surface area (Å²) in [5.74, 6) is 1.15. The van der Waals surface area contributed by atoms with Gasteiger partial charge in [-0.15, -0.1) is 0 Å². The Morgan fingerprint density at radius 3 is 2.75 bits per heavy atom. The highest BCUT2D eigenvalue weighted by Crippen LogP contribution is 2.35. The van der Waals surface area contributed by atoms with E-state index in [0.29, 0.717) is 30.1 Å². The van der Waals surface area contributed by atoms with E-state index in [1.54, 1.807) is 12.1 Å². The van der Waals surface area contributed by atoms with E-state index in [2.05, 4.69) is 25.8 Å². The van der Waals surface area contributed by atoms with Crippen molar-refractivity contribution in [2.75, 3.05) is 31.1 Å². The van der Waals surface area contributed by atoms with Gasteiger partial charge in [-0.2, -0.15) is 0 Å². The van der Waals surface area contributed by atoms with E-state index in [0.717, 1.165) is 23.1 Å². The lowest BCUT2D eigenvalue weighted by Gasteiger charge is -2.33. The van der Waals surface area contributed by atoms with Gasteiger partial charge < -0.3 is 23.8 Å². The number of carbonyl (C=O) groups is 1. The first-order chi connectivity index (χ1) is 15.1. The number of ether oxygens (including phenoxy) is 4. The third-order valence-corrected chi connectivity index (χ3v) is 5.50. The first-order valence-electron chi connectivity index (χ1n) is 10.9. The van der Waals surface area contributed by atoms with Gasteiger partial charge in [-0.25, -0.2) is 9.78 Å². The van der Waals surface area contributed by atoms with Crippen molar-refractivity contribution in [1.82, 2.24) is 4.98 Å². The van der Waals surface area contributed by atoms with Crippen molar-refractivity contribution in [3.05, 3.63) is 40.0 Å². The first-order valence-corrected chi connectivity index (χ1v) is 9.72. The Balaban J connectivity index is 1.24. The standard InChI is InChI=1S/C20H19BrN2O5/c21-15-10-14-16(11-27-20(14)24)22-19(15)23-5-3-12(4-6-23)28-13-1-2-17-18(9-13)26-8-7-25-17/h1-2,9-10,12H,3-8,11H2/i7D2,8D2. The molecule has 1 fully saturated rings. The third kappa shape index (κ3) is 3.26. The molecule has 0 N–H and O–H groups in total. The van der Waals surface area contributed by atoms with Gasteiger partial charge >= 0.3 is 5.97 Å².